The number of amides is 1. The Labute approximate surface area is 162 Å². The van der Waals surface area contributed by atoms with Crippen molar-refractivity contribution in [3.63, 3.8) is 0 Å². The summed E-state index contributed by atoms with van der Waals surface area (Å²) in [5.41, 5.74) is 1.15. The number of imidazole rings is 1. The van der Waals surface area contributed by atoms with Crippen LogP contribution in [0.4, 0.5) is 10.1 Å². The number of halogens is 2. The fourth-order valence-electron chi connectivity index (χ4n) is 3.63. The minimum absolute atomic E-state index is 0.123. The van der Waals surface area contributed by atoms with Crippen LogP contribution in [0.3, 0.4) is 0 Å². The van der Waals surface area contributed by atoms with E-state index in [4.69, 9.17) is 11.6 Å². The van der Waals surface area contributed by atoms with Gasteiger partial charge in [0.2, 0.25) is 5.91 Å². The molecule has 1 heterocycles. The Morgan fingerprint density at radius 3 is 2.67 bits per heavy atom. The predicted molar refractivity (Wildman–Crippen MR) is 104 cm³/mol. The van der Waals surface area contributed by atoms with E-state index in [1.54, 1.807) is 42.1 Å². The molecule has 1 amide bonds. The van der Waals surface area contributed by atoms with Gasteiger partial charge in [0.05, 0.1) is 11.1 Å². The number of carbonyl (C=O) groups excluding carboxylic acids is 1. The van der Waals surface area contributed by atoms with Gasteiger partial charge in [-0.25, -0.2) is 9.37 Å². The van der Waals surface area contributed by atoms with Gasteiger partial charge in [-0.15, -0.1) is 0 Å². The van der Waals surface area contributed by atoms with Crippen LogP contribution in [0.25, 0.3) is 5.69 Å². The number of aromatic nitrogens is 2. The first kappa shape index (κ1) is 17.7. The molecule has 27 heavy (non-hydrogen) atoms. The Kier molecular flexibility index (Phi) is 4.48. The molecule has 0 bridgehead atoms. The van der Waals surface area contributed by atoms with Crippen molar-refractivity contribution in [2.75, 3.05) is 5.32 Å². The Morgan fingerprint density at radius 1 is 1.26 bits per heavy atom. The third kappa shape index (κ3) is 3.12. The van der Waals surface area contributed by atoms with E-state index in [0.29, 0.717) is 22.2 Å². The predicted octanol–water partition coefficient (Wildman–Crippen LogP) is 5.03. The second kappa shape index (κ2) is 6.82. The standard InChI is InChI=1S/C21H19ClFN3O/c1-14-24-10-11-26(14)19-7-6-17(13-18(19)23)25-20(27)21(8-3-9-21)15-4-2-5-16(22)12-15/h2,4-7,10-13H,3,8-9H2,1H3,(H,25,27). The molecule has 0 atom stereocenters. The molecule has 0 saturated heterocycles. The number of hydrogen-bond acceptors (Lipinski definition) is 2. The summed E-state index contributed by atoms with van der Waals surface area (Å²) in [4.78, 5) is 17.1. The number of anilines is 1. The summed E-state index contributed by atoms with van der Waals surface area (Å²) in [6, 6.07) is 12.1. The summed E-state index contributed by atoms with van der Waals surface area (Å²) in [6.45, 7) is 1.81. The highest BCUT2D eigenvalue weighted by atomic mass is 35.5. The lowest BCUT2D eigenvalue weighted by atomic mass is 9.64. The van der Waals surface area contributed by atoms with Crippen molar-refractivity contribution in [1.29, 1.82) is 0 Å². The smallest absolute Gasteiger partial charge is 0.235 e. The van der Waals surface area contributed by atoms with Crippen LogP contribution in [0.5, 0.6) is 0 Å². The Hall–Kier alpha value is -2.66. The molecule has 0 unspecified atom stereocenters. The van der Waals surface area contributed by atoms with Crippen molar-refractivity contribution in [2.45, 2.75) is 31.6 Å². The van der Waals surface area contributed by atoms with E-state index in [1.807, 2.05) is 18.2 Å². The van der Waals surface area contributed by atoms with E-state index >= 15 is 0 Å². The molecule has 2 aromatic carbocycles. The number of aryl methyl sites for hydroxylation is 1. The molecule has 3 aromatic rings. The topological polar surface area (TPSA) is 46.9 Å². The van der Waals surface area contributed by atoms with Gasteiger partial charge in [0, 0.05) is 23.1 Å². The molecule has 0 aliphatic heterocycles. The van der Waals surface area contributed by atoms with Gasteiger partial charge in [-0.3, -0.25) is 4.79 Å². The lowest BCUT2D eigenvalue weighted by Gasteiger charge is -2.40. The van der Waals surface area contributed by atoms with Gasteiger partial charge in [-0.2, -0.15) is 0 Å². The largest absolute Gasteiger partial charge is 0.325 e. The van der Waals surface area contributed by atoms with Gasteiger partial charge >= 0.3 is 0 Å². The molecule has 138 valence electrons. The maximum absolute atomic E-state index is 14.6. The number of nitrogens with zero attached hydrogens (tertiary/aromatic N) is 2. The van der Waals surface area contributed by atoms with E-state index in [-0.39, 0.29) is 5.91 Å². The first-order chi connectivity index (χ1) is 13.0. The molecule has 4 rings (SSSR count). The molecular weight excluding hydrogens is 365 g/mol. The van der Waals surface area contributed by atoms with Crippen molar-refractivity contribution in [3.8, 4) is 5.69 Å². The summed E-state index contributed by atoms with van der Waals surface area (Å²) < 4.78 is 16.3. The van der Waals surface area contributed by atoms with Crippen molar-refractivity contribution >= 4 is 23.2 Å². The first-order valence-corrected chi connectivity index (χ1v) is 9.25. The summed E-state index contributed by atoms with van der Waals surface area (Å²) in [5.74, 6) is 0.154. The highest BCUT2D eigenvalue weighted by molar-refractivity contribution is 6.30. The van der Waals surface area contributed by atoms with Crippen molar-refractivity contribution < 1.29 is 9.18 Å². The van der Waals surface area contributed by atoms with Crippen LogP contribution in [0.2, 0.25) is 5.02 Å². The minimum atomic E-state index is -0.596. The van der Waals surface area contributed by atoms with E-state index < -0.39 is 11.2 Å². The molecule has 6 heteroatoms. The average Bonchev–Trinajstić information content (AvgIpc) is 3.00. The third-order valence-corrected chi connectivity index (χ3v) is 5.54. The monoisotopic (exact) mass is 383 g/mol. The minimum Gasteiger partial charge on any atom is -0.325 e. The van der Waals surface area contributed by atoms with Crippen molar-refractivity contribution in [3.05, 3.63) is 77.1 Å². The molecule has 0 radical (unpaired) electrons. The number of hydrogen-bond donors (Lipinski definition) is 1. The second-order valence-electron chi connectivity index (χ2n) is 6.91. The number of rotatable bonds is 4. The maximum Gasteiger partial charge on any atom is 0.235 e. The van der Waals surface area contributed by atoms with Gasteiger partial charge in [0.25, 0.3) is 0 Å². The highest BCUT2D eigenvalue weighted by Gasteiger charge is 2.45. The Morgan fingerprint density at radius 2 is 2.07 bits per heavy atom. The molecule has 1 N–H and O–H groups in total. The zero-order valence-corrected chi connectivity index (χ0v) is 15.6. The van der Waals surface area contributed by atoms with Crippen LogP contribution < -0.4 is 5.32 Å². The molecule has 1 fully saturated rings. The van der Waals surface area contributed by atoms with Crippen LogP contribution >= 0.6 is 11.6 Å². The quantitative estimate of drug-likeness (QED) is 0.686. The van der Waals surface area contributed by atoms with Crippen LogP contribution in [-0.4, -0.2) is 15.5 Å². The molecule has 1 aromatic heterocycles. The van der Waals surface area contributed by atoms with Crippen molar-refractivity contribution in [2.24, 2.45) is 0 Å². The van der Waals surface area contributed by atoms with E-state index in [0.717, 1.165) is 24.8 Å². The van der Waals surface area contributed by atoms with Gasteiger partial charge in [0.1, 0.15) is 11.6 Å². The molecule has 4 nitrogen and oxygen atoms in total. The lowest BCUT2D eigenvalue weighted by molar-refractivity contribution is -0.124. The number of benzene rings is 2. The zero-order valence-electron chi connectivity index (χ0n) is 14.9. The van der Waals surface area contributed by atoms with Crippen LogP contribution in [-0.2, 0) is 10.2 Å². The molecule has 1 aliphatic carbocycles. The van der Waals surface area contributed by atoms with Crippen LogP contribution in [0.15, 0.2) is 54.9 Å². The van der Waals surface area contributed by atoms with Gasteiger partial charge in [-0.1, -0.05) is 30.2 Å². The maximum atomic E-state index is 14.6. The zero-order chi connectivity index (χ0) is 19.0. The normalized spacial score (nSPS) is 15.2. The molecule has 1 saturated carbocycles. The number of carbonyl (C=O) groups is 1. The van der Waals surface area contributed by atoms with Crippen LogP contribution in [0.1, 0.15) is 30.7 Å². The fourth-order valence-corrected chi connectivity index (χ4v) is 3.82. The Bertz CT molecular complexity index is 1010. The Balaban J connectivity index is 1.59. The van der Waals surface area contributed by atoms with E-state index in [1.165, 1.54) is 6.07 Å². The fraction of sp³-hybridized carbons (Fsp3) is 0.238. The first-order valence-electron chi connectivity index (χ1n) is 8.87. The van der Waals surface area contributed by atoms with Gasteiger partial charge in [0.15, 0.2) is 0 Å². The van der Waals surface area contributed by atoms with Crippen molar-refractivity contribution in [1.82, 2.24) is 9.55 Å². The van der Waals surface area contributed by atoms with E-state index in [9.17, 15) is 9.18 Å². The molecular formula is C21H19ClFN3O. The summed E-state index contributed by atoms with van der Waals surface area (Å²) in [7, 11) is 0. The number of nitrogens with one attached hydrogen (secondary N) is 1. The average molecular weight is 384 g/mol. The van der Waals surface area contributed by atoms with E-state index in [2.05, 4.69) is 10.3 Å². The second-order valence-corrected chi connectivity index (χ2v) is 7.35. The lowest BCUT2D eigenvalue weighted by Crippen LogP contribution is -2.46. The third-order valence-electron chi connectivity index (χ3n) is 5.31. The van der Waals surface area contributed by atoms with Crippen LogP contribution in [0, 0.1) is 12.7 Å². The summed E-state index contributed by atoms with van der Waals surface area (Å²) in [6.07, 6.45) is 5.82. The summed E-state index contributed by atoms with van der Waals surface area (Å²) in [5, 5.41) is 3.49. The highest BCUT2D eigenvalue weighted by Crippen LogP contribution is 2.45. The van der Waals surface area contributed by atoms with Gasteiger partial charge in [-0.05, 0) is 55.7 Å². The van der Waals surface area contributed by atoms with Gasteiger partial charge < -0.3 is 9.88 Å². The molecule has 1 aliphatic rings. The SMILES string of the molecule is Cc1nccn1-c1ccc(NC(=O)C2(c3cccc(Cl)c3)CCC2)cc1F. The molecule has 0 spiro atoms. The summed E-state index contributed by atoms with van der Waals surface area (Å²) >= 11 is 6.11.